The van der Waals surface area contributed by atoms with Crippen LogP contribution in [0.4, 0.5) is 0 Å². The van der Waals surface area contributed by atoms with Crippen LogP contribution < -0.4 is 0 Å². The van der Waals surface area contributed by atoms with Gasteiger partial charge in [0.05, 0.1) is 13.2 Å². The molecule has 2 rings (SSSR count). The zero-order chi connectivity index (χ0) is 13.5. The maximum absolute atomic E-state index is 11.2. The molecule has 19 heavy (non-hydrogen) atoms. The van der Waals surface area contributed by atoms with Crippen LogP contribution in [0.2, 0.25) is 0 Å². The van der Waals surface area contributed by atoms with Gasteiger partial charge in [0.25, 0.3) is 0 Å². The number of hydrogen-bond acceptors (Lipinski definition) is 4. The van der Waals surface area contributed by atoms with E-state index in [1.54, 1.807) is 0 Å². The third-order valence-electron chi connectivity index (χ3n) is 2.94. The summed E-state index contributed by atoms with van der Waals surface area (Å²) in [6, 6.07) is 10.0. The Labute approximate surface area is 113 Å². The first-order valence-electron chi connectivity index (χ1n) is 6.72. The molecule has 1 heterocycles. The van der Waals surface area contributed by atoms with Crippen molar-refractivity contribution < 1.29 is 19.0 Å². The molecule has 0 aromatic heterocycles. The van der Waals surface area contributed by atoms with Crippen LogP contribution in [0.15, 0.2) is 30.3 Å². The van der Waals surface area contributed by atoms with Crippen LogP contribution in [-0.2, 0) is 25.6 Å². The molecule has 1 aromatic rings. The summed E-state index contributed by atoms with van der Waals surface area (Å²) in [6.07, 6.45) is 1.37. The largest absolute Gasteiger partial charge is 0.463 e. The second-order valence-electron chi connectivity index (χ2n) is 4.65. The van der Waals surface area contributed by atoms with Crippen molar-refractivity contribution >= 4 is 5.97 Å². The van der Waals surface area contributed by atoms with Crippen molar-refractivity contribution in [2.24, 2.45) is 0 Å². The Kier molecular flexibility index (Phi) is 5.36. The maximum atomic E-state index is 11.2. The molecular formula is C15H20O4. The lowest BCUT2D eigenvalue weighted by molar-refractivity contribution is -0.144. The average Bonchev–Trinajstić information content (AvgIpc) is 3.17. The summed E-state index contributed by atoms with van der Waals surface area (Å²) in [4.78, 5) is 11.2. The molecular weight excluding hydrogens is 244 g/mol. The lowest BCUT2D eigenvalue weighted by Crippen LogP contribution is -2.13. The molecule has 1 aliphatic heterocycles. The smallest absolute Gasteiger partial charge is 0.305 e. The molecule has 0 N–H and O–H groups in total. The molecule has 2 atom stereocenters. The molecule has 4 heteroatoms. The van der Waals surface area contributed by atoms with Crippen molar-refractivity contribution in [1.29, 1.82) is 0 Å². The van der Waals surface area contributed by atoms with Crippen molar-refractivity contribution in [3.63, 3.8) is 0 Å². The van der Waals surface area contributed by atoms with Gasteiger partial charge in [-0.25, -0.2) is 0 Å². The molecule has 0 aliphatic carbocycles. The number of rotatable bonds is 8. The number of carbonyl (C=O) groups excluding carboxylic acids is 1. The van der Waals surface area contributed by atoms with Crippen LogP contribution in [-0.4, -0.2) is 31.4 Å². The summed E-state index contributed by atoms with van der Waals surface area (Å²) in [5.41, 5.74) is 1.15. The lowest BCUT2D eigenvalue weighted by Gasteiger charge is -2.02. The Bertz CT molecular complexity index is 390. The summed E-state index contributed by atoms with van der Waals surface area (Å²) in [7, 11) is 0. The summed E-state index contributed by atoms with van der Waals surface area (Å²) in [5, 5.41) is 0. The number of esters is 1. The topological polar surface area (TPSA) is 48.1 Å². The van der Waals surface area contributed by atoms with Gasteiger partial charge in [0.1, 0.15) is 18.8 Å². The highest BCUT2D eigenvalue weighted by Crippen LogP contribution is 2.23. The first-order chi connectivity index (χ1) is 9.29. The zero-order valence-corrected chi connectivity index (χ0v) is 11.2. The van der Waals surface area contributed by atoms with E-state index >= 15 is 0 Å². The Hall–Kier alpha value is -1.39. The number of carbonyl (C=O) groups is 1. The maximum Gasteiger partial charge on any atom is 0.305 e. The molecule has 4 nitrogen and oxygen atoms in total. The first-order valence-corrected chi connectivity index (χ1v) is 6.72. The summed E-state index contributed by atoms with van der Waals surface area (Å²) in [5.74, 6) is -0.151. The fraction of sp³-hybridized carbons (Fsp3) is 0.533. The predicted molar refractivity (Wildman–Crippen MR) is 70.6 cm³/mol. The van der Waals surface area contributed by atoms with Gasteiger partial charge in [-0.1, -0.05) is 37.3 Å². The van der Waals surface area contributed by atoms with E-state index in [1.807, 2.05) is 37.3 Å². The second kappa shape index (κ2) is 7.26. The van der Waals surface area contributed by atoms with Gasteiger partial charge < -0.3 is 14.2 Å². The normalized spacial score (nSPS) is 21.1. The molecule has 1 aromatic carbocycles. The molecule has 104 valence electrons. The minimum absolute atomic E-state index is 0.0107. The van der Waals surface area contributed by atoms with Crippen molar-refractivity contribution in [2.75, 3.05) is 13.2 Å². The minimum Gasteiger partial charge on any atom is -0.463 e. The highest BCUT2D eigenvalue weighted by Gasteiger charge is 2.39. The minimum atomic E-state index is -0.151. The Morgan fingerprint density at radius 3 is 2.68 bits per heavy atom. The average molecular weight is 264 g/mol. The molecule has 1 fully saturated rings. The standard InChI is InChI=1S/C15H20O4/c1-2-6-15(16)18-11-14-13(19-14)10-17-9-12-7-4-3-5-8-12/h3-5,7-8,13-14H,2,6,9-11H2,1H3/t13-,14+/m1/s1. The van der Waals surface area contributed by atoms with Gasteiger partial charge in [-0.3, -0.25) is 4.79 Å². The zero-order valence-electron chi connectivity index (χ0n) is 11.2. The fourth-order valence-electron chi connectivity index (χ4n) is 1.79. The van der Waals surface area contributed by atoms with Crippen molar-refractivity contribution in [1.82, 2.24) is 0 Å². The Morgan fingerprint density at radius 2 is 1.95 bits per heavy atom. The van der Waals surface area contributed by atoms with Crippen LogP contribution in [0.3, 0.4) is 0 Å². The molecule has 0 saturated carbocycles. The fourth-order valence-corrected chi connectivity index (χ4v) is 1.79. The number of epoxide rings is 1. The second-order valence-corrected chi connectivity index (χ2v) is 4.65. The predicted octanol–water partition coefficient (Wildman–Crippen LogP) is 2.31. The SMILES string of the molecule is CCCC(=O)OC[C@@H]1O[C@@H]1COCc1ccccc1. The van der Waals surface area contributed by atoms with E-state index in [9.17, 15) is 4.79 Å². The molecule has 0 unspecified atom stereocenters. The molecule has 0 spiro atoms. The molecule has 1 saturated heterocycles. The van der Waals surface area contributed by atoms with Gasteiger partial charge in [-0.2, -0.15) is 0 Å². The van der Waals surface area contributed by atoms with Crippen LogP contribution in [0, 0.1) is 0 Å². The third-order valence-corrected chi connectivity index (χ3v) is 2.94. The number of ether oxygens (including phenoxy) is 3. The Balaban J connectivity index is 1.54. The molecule has 0 amide bonds. The van der Waals surface area contributed by atoms with Gasteiger partial charge in [0.15, 0.2) is 0 Å². The van der Waals surface area contributed by atoms with E-state index < -0.39 is 0 Å². The summed E-state index contributed by atoms with van der Waals surface area (Å²) in [6.45, 7) is 3.43. The van der Waals surface area contributed by atoms with Crippen LogP contribution in [0.5, 0.6) is 0 Å². The van der Waals surface area contributed by atoms with Crippen molar-refractivity contribution in [3.8, 4) is 0 Å². The van der Waals surface area contributed by atoms with Crippen molar-refractivity contribution in [2.45, 2.75) is 38.6 Å². The van der Waals surface area contributed by atoms with E-state index in [2.05, 4.69) is 0 Å². The quantitative estimate of drug-likeness (QED) is 0.534. The van der Waals surface area contributed by atoms with E-state index in [-0.39, 0.29) is 18.2 Å². The number of benzene rings is 1. The van der Waals surface area contributed by atoms with Gasteiger partial charge in [-0.05, 0) is 12.0 Å². The van der Waals surface area contributed by atoms with Gasteiger partial charge in [0, 0.05) is 6.42 Å². The van der Waals surface area contributed by atoms with Crippen LogP contribution >= 0.6 is 0 Å². The molecule has 0 radical (unpaired) electrons. The van der Waals surface area contributed by atoms with E-state index in [0.29, 0.717) is 26.2 Å². The monoisotopic (exact) mass is 264 g/mol. The highest BCUT2D eigenvalue weighted by molar-refractivity contribution is 5.69. The van der Waals surface area contributed by atoms with E-state index in [1.165, 1.54) is 0 Å². The molecule has 1 aliphatic rings. The van der Waals surface area contributed by atoms with Gasteiger partial charge in [-0.15, -0.1) is 0 Å². The van der Waals surface area contributed by atoms with E-state index in [0.717, 1.165) is 12.0 Å². The first kappa shape index (κ1) is 14.0. The highest BCUT2D eigenvalue weighted by atomic mass is 16.6. The summed E-state index contributed by atoms with van der Waals surface area (Å²) < 4.78 is 16.0. The lowest BCUT2D eigenvalue weighted by atomic mass is 10.2. The van der Waals surface area contributed by atoms with Gasteiger partial charge >= 0.3 is 5.97 Å². The molecule has 0 bridgehead atoms. The summed E-state index contributed by atoms with van der Waals surface area (Å²) >= 11 is 0. The van der Waals surface area contributed by atoms with Crippen LogP contribution in [0.25, 0.3) is 0 Å². The van der Waals surface area contributed by atoms with E-state index in [4.69, 9.17) is 14.2 Å². The third kappa shape index (κ3) is 5.01. The Morgan fingerprint density at radius 1 is 1.21 bits per heavy atom. The number of hydrogen-bond donors (Lipinski definition) is 0. The van der Waals surface area contributed by atoms with Gasteiger partial charge in [0.2, 0.25) is 0 Å². The van der Waals surface area contributed by atoms with Crippen LogP contribution in [0.1, 0.15) is 25.3 Å². The van der Waals surface area contributed by atoms with Crippen molar-refractivity contribution in [3.05, 3.63) is 35.9 Å².